The van der Waals surface area contributed by atoms with Gasteiger partial charge in [-0.3, -0.25) is 0 Å². The number of ether oxygens (including phenoxy) is 1. The average Bonchev–Trinajstić information content (AvgIpc) is 2.35. The highest BCUT2D eigenvalue weighted by atomic mass is 79.9. The molecule has 0 amide bonds. The van der Waals surface area contributed by atoms with Gasteiger partial charge >= 0.3 is 0 Å². The number of methoxy groups -OCH3 is 1. The van der Waals surface area contributed by atoms with E-state index in [2.05, 4.69) is 25.9 Å². The largest absolute Gasteiger partial charge is 0.496 e. The van der Waals surface area contributed by atoms with Crippen molar-refractivity contribution in [3.05, 3.63) is 38.0 Å². The van der Waals surface area contributed by atoms with E-state index in [-0.39, 0.29) is 10.3 Å². The van der Waals surface area contributed by atoms with E-state index in [1.165, 1.54) is 7.11 Å². The van der Waals surface area contributed by atoms with Crippen molar-refractivity contribution in [2.24, 2.45) is 0 Å². The monoisotopic (exact) mass is 366 g/mol. The molecule has 0 aliphatic carbocycles. The van der Waals surface area contributed by atoms with Crippen molar-refractivity contribution in [1.82, 2.24) is 9.97 Å². The van der Waals surface area contributed by atoms with Crippen molar-refractivity contribution in [3.63, 3.8) is 0 Å². The summed E-state index contributed by atoms with van der Waals surface area (Å²) in [4.78, 5) is 8.26. The zero-order valence-corrected chi connectivity index (χ0v) is 12.9. The molecule has 0 aliphatic rings. The predicted octanol–water partition coefficient (Wildman–Crippen LogP) is 4.87. The van der Waals surface area contributed by atoms with Gasteiger partial charge in [-0.15, -0.1) is 0 Å². The Hall–Kier alpha value is -0.550. The standard InChI is InChI=1S/C11H6BrCl3N2O/c1-18-6-4-2-3-5(13)7(6)11-16-9(14)8(12)10(15)17-11/h2-4H,1H3. The molecule has 0 spiro atoms. The van der Waals surface area contributed by atoms with E-state index in [0.717, 1.165) is 0 Å². The fraction of sp³-hybridized carbons (Fsp3) is 0.0909. The molecule has 0 N–H and O–H groups in total. The highest BCUT2D eigenvalue weighted by Gasteiger charge is 2.16. The summed E-state index contributed by atoms with van der Waals surface area (Å²) in [5, 5.41) is 0.891. The van der Waals surface area contributed by atoms with Crippen molar-refractivity contribution in [3.8, 4) is 17.1 Å². The van der Waals surface area contributed by atoms with E-state index in [1.807, 2.05) is 0 Å². The lowest BCUT2D eigenvalue weighted by Gasteiger charge is -2.10. The fourth-order valence-corrected chi connectivity index (χ4v) is 2.21. The highest BCUT2D eigenvalue weighted by Crippen LogP contribution is 2.37. The molecule has 94 valence electrons. The average molecular weight is 368 g/mol. The van der Waals surface area contributed by atoms with Gasteiger partial charge in [0.15, 0.2) is 5.82 Å². The molecule has 2 aromatic rings. The number of halogens is 4. The highest BCUT2D eigenvalue weighted by molar-refractivity contribution is 9.10. The molecule has 2 rings (SSSR count). The summed E-state index contributed by atoms with van der Waals surface area (Å²) < 4.78 is 5.67. The summed E-state index contributed by atoms with van der Waals surface area (Å²) in [6.45, 7) is 0. The molecule has 7 heteroatoms. The van der Waals surface area contributed by atoms with Crippen LogP contribution in [0.1, 0.15) is 0 Å². The van der Waals surface area contributed by atoms with Gasteiger partial charge in [0.2, 0.25) is 0 Å². The Morgan fingerprint density at radius 2 is 1.72 bits per heavy atom. The number of benzene rings is 1. The molecule has 3 nitrogen and oxygen atoms in total. The Kier molecular flexibility index (Phi) is 4.33. The van der Waals surface area contributed by atoms with Crippen molar-refractivity contribution in [2.75, 3.05) is 7.11 Å². The van der Waals surface area contributed by atoms with Gasteiger partial charge in [0.05, 0.1) is 22.2 Å². The second-order valence-corrected chi connectivity index (χ2v) is 5.18. The van der Waals surface area contributed by atoms with Gasteiger partial charge in [0.1, 0.15) is 16.1 Å². The Bertz CT molecular complexity index is 584. The molecule has 1 aromatic heterocycles. The van der Waals surface area contributed by atoms with Gasteiger partial charge in [-0.2, -0.15) is 0 Å². The second kappa shape index (κ2) is 5.61. The molecule has 0 saturated carbocycles. The Morgan fingerprint density at radius 1 is 1.11 bits per heavy atom. The number of aromatic nitrogens is 2. The zero-order chi connectivity index (χ0) is 13.3. The third-order valence-corrected chi connectivity index (χ3v) is 4.26. The van der Waals surface area contributed by atoms with Crippen LogP contribution >= 0.6 is 50.7 Å². The zero-order valence-electron chi connectivity index (χ0n) is 9.05. The van der Waals surface area contributed by atoms with Crippen LogP contribution in [0.5, 0.6) is 5.75 Å². The van der Waals surface area contributed by atoms with Crippen LogP contribution in [0.3, 0.4) is 0 Å². The number of hydrogen-bond acceptors (Lipinski definition) is 3. The minimum Gasteiger partial charge on any atom is -0.496 e. The van der Waals surface area contributed by atoms with Crippen LogP contribution in [-0.4, -0.2) is 17.1 Å². The van der Waals surface area contributed by atoms with Gasteiger partial charge in [-0.25, -0.2) is 9.97 Å². The van der Waals surface area contributed by atoms with Crippen LogP contribution in [0.4, 0.5) is 0 Å². The van der Waals surface area contributed by atoms with E-state index >= 15 is 0 Å². The summed E-state index contributed by atoms with van der Waals surface area (Å²) in [6.07, 6.45) is 0. The molecule has 0 saturated heterocycles. The van der Waals surface area contributed by atoms with Gasteiger partial charge < -0.3 is 4.74 Å². The lowest BCUT2D eigenvalue weighted by molar-refractivity contribution is 0.416. The molecule has 0 aliphatic heterocycles. The molecule has 1 aromatic carbocycles. The summed E-state index contributed by atoms with van der Waals surface area (Å²) in [7, 11) is 1.54. The Labute approximate surface area is 127 Å². The van der Waals surface area contributed by atoms with Gasteiger partial charge in [0, 0.05) is 0 Å². The lowest BCUT2D eigenvalue weighted by atomic mass is 10.2. The van der Waals surface area contributed by atoms with E-state index in [1.54, 1.807) is 18.2 Å². The van der Waals surface area contributed by atoms with E-state index < -0.39 is 0 Å². The topological polar surface area (TPSA) is 35.0 Å². The first-order chi connectivity index (χ1) is 8.54. The summed E-state index contributed by atoms with van der Waals surface area (Å²) in [5.41, 5.74) is 0.554. The summed E-state index contributed by atoms with van der Waals surface area (Å²) >= 11 is 21.2. The Balaban J connectivity index is 2.69. The maximum Gasteiger partial charge on any atom is 0.167 e. The van der Waals surface area contributed by atoms with E-state index in [9.17, 15) is 0 Å². The van der Waals surface area contributed by atoms with Crippen LogP contribution in [0.25, 0.3) is 11.4 Å². The molecule has 0 fully saturated rings. The van der Waals surface area contributed by atoms with E-state index in [0.29, 0.717) is 26.6 Å². The number of nitrogens with zero attached hydrogens (tertiary/aromatic N) is 2. The molecular weight excluding hydrogens is 362 g/mol. The second-order valence-electron chi connectivity index (χ2n) is 3.26. The first-order valence-electron chi connectivity index (χ1n) is 4.76. The number of hydrogen-bond donors (Lipinski definition) is 0. The third kappa shape index (κ3) is 2.57. The van der Waals surface area contributed by atoms with Crippen LogP contribution in [0, 0.1) is 0 Å². The molecular formula is C11H6BrCl3N2O. The summed E-state index contributed by atoms with van der Waals surface area (Å²) in [6, 6.07) is 5.24. The van der Waals surface area contributed by atoms with Gasteiger partial charge in [0.25, 0.3) is 0 Å². The molecule has 0 unspecified atom stereocenters. The smallest absolute Gasteiger partial charge is 0.167 e. The SMILES string of the molecule is COc1cccc(Cl)c1-c1nc(Cl)c(Br)c(Cl)n1. The maximum absolute atomic E-state index is 6.13. The number of rotatable bonds is 2. The third-order valence-electron chi connectivity index (χ3n) is 2.19. The minimum absolute atomic E-state index is 0.215. The van der Waals surface area contributed by atoms with Crippen LogP contribution in [0.2, 0.25) is 15.3 Å². The quantitative estimate of drug-likeness (QED) is 0.709. The summed E-state index contributed by atoms with van der Waals surface area (Å²) in [5.74, 6) is 0.868. The first kappa shape index (κ1) is 13.9. The molecule has 0 radical (unpaired) electrons. The molecule has 0 atom stereocenters. The Morgan fingerprint density at radius 3 is 2.28 bits per heavy atom. The van der Waals surface area contributed by atoms with Crippen molar-refractivity contribution in [2.45, 2.75) is 0 Å². The molecule has 1 heterocycles. The first-order valence-corrected chi connectivity index (χ1v) is 6.68. The van der Waals surface area contributed by atoms with E-state index in [4.69, 9.17) is 39.5 Å². The minimum atomic E-state index is 0.215. The van der Waals surface area contributed by atoms with Crippen molar-refractivity contribution < 1.29 is 4.74 Å². The van der Waals surface area contributed by atoms with Crippen LogP contribution < -0.4 is 4.74 Å². The van der Waals surface area contributed by atoms with Gasteiger partial charge in [-0.1, -0.05) is 40.9 Å². The van der Waals surface area contributed by atoms with Crippen molar-refractivity contribution in [1.29, 1.82) is 0 Å². The van der Waals surface area contributed by atoms with Crippen molar-refractivity contribution >= 4 is 50.7 Å². The fourth-order valence-electron chi connectivity index (χ4n) is 1.40. The van der Waals surface area contributed by atoms with Gasteiger partial charge in [-0.05, 0) is 28.1 Å². The van der Waals surface area contributed by atoms with Crippen LogP contribution in [0.15, 0.2) is 22.7 Å². The van der Waals surface area contributed by atoms with Crippen LogP contribution in [-0.2, 0) is 0 Å². The lowest BCUT2D eigenvalue weighted by Crippen LogP contribution is -1.96. The normalized spacial score (nSPS) is 10.5. The maximum atomic E-state index is 6.13. The predicted molar refractivity (Wildman–Crippen MR) is 76.8 cm³/mol. The molecule has 18 heavy (non-hydrogen) atoms. The molecule has 0 bridgehead atoms.